The maximum atomic E-state index is 5.36. The fourth-order valence-electron chi connectivity index (χ4n) is 1.36. The van der Waals surface area contributed by atoms with Gasteiger partial charge >= 0.3 is 0 Å². The second kappa shape index (κ2) is 4.13. The molecule has 0 fully saturated rings. The van der Waals surface area contributed by atoms with Gasteiger partial charge in [0, 0.05) is 14.8 Å². The Morgan fingerprint density at radius 2 is 2.29 bits per heavy atom. The Kier molecular flexibility index (Phi) is 3.04. The Bertz CT molecular complexity index is 464. The summed E-state index contributed by atoms with van der Waals surface area (Å²) in [5, 5.41) is 3.27. The van der Waals surface area contributed by atoms with Crippen LogP contribution in [0.3, 0.4) is 0 Å². The zero-order valence-electron chi connectivity index (χ0n) is 7.83. The van der Waals surface area contributed by atoms with Crippen LogP contribution >= 0.6 is 39.0 Å². The Hall–Kier alpha value is -0.190. The van der Waals surface area contributed by atoms with E-state index in [2.05, 4.69) is 39.7 Å². The van der Waals surface area contributed by atoms with Gasteiger partial charge in [-0.3, -0.25) is 0 Å². The van der Waals surface area contributed by atoms with E-state index in [-0.39, 0.29) is 0 Å². The summed E-state index contributed by atoms with van der Waals surface area (Å²) in [6.45, 7) is 0. The molecular formula is C10H9BrOS2. The van der Waals surface area contributed by atoms with Gasteiger partial charge in [0.05, 0.1) is 11.8 Å². The molecule has 0 spiro atoms. The summed E-state index contributed by atoms with van der Waals surface area (Å²) in [5.74, 6) is 0.953. The number of ether oxygens (including phenoxy) is 1. The van der Waals surface area contributed by atoms with E-state index in [4.69, 9.17) is 4.74 Å². The van der Waals surface area contributed by atoms with Crippen molar-refractivity contribution in [2.75, 3.05) is 13.4 Å². The predicted octanol–water partition coefficient (Wildman–Crippen LogP) is 4.39. The summed E-state index contributed by atoms with van der Waals surface area (Å²) in [6.07, 6.45) is 2.07. The summed E-state index contributed by atoms with van der Waals surface area (Å²) in [4.78, 5) is 1.22. The second-order valence-corrected chi connectivity index (χ2v) is 5.32. The van der Waals surface area contributed by atoms with Gasteiger partial charge < -0.3 is 4.74 Å². The molecule has 0 radical (unpaired) electrons. The lowest BCUT2D eigenvalue weighted by molar-refractivity contribution is 0.419. The van der Waals surface area contributed by atoms with E-state index in [9.17, 15) is 0 Å². The Labute approximate surface area is 99.6 Å². The lowest BCUT2D eigenvalue weighted by Gasteiger charge is -2.07. The largest absolute Gasteiger partial charge is 0.496 e. The van der Waals surface area contributed by atoms with Crippen molar-refractivity contribution in [1.82, 2.24) is 0 Å². The molecule has 74 valence electrons. The summed E-state index contributed by atoms with van der Waals surface area (Å²) >= 11 is 7.07. The predicted molar refractivity (Wildman–Crippen MR) is 67.9 cm³/mol. The van der Waals surface area contributed by atoms with E-state index in [0.29, 0.717) is 0 Å². The minimum Gasteiger partial charge on any atom is -0.496 e. The first kappa shape index (κ1) is 10.3. The van der Waals surface area contributed by atoms with E-state index in [1.807, 2.05) is 0 Å². The maximum Gasteiger partial charge on any atom is 0.128 e. The molecule has 1 nitrogen and oxygen atoms in total. The van der Waals surface area contributed by atoms with Crippen molar-refractivity contribution >= 4 is 49.1 Å². The molecule has 2 aromatic rings. The Morgan fingerprint density at radius 1 is 1.50 bits per heavy atom. The first-order valence-electron chi connectivity index (χ1n) is 4.05. The molecule has 4 heteroatoms. The molecule has 0 saturated carbocycles. The number of benzene rings is 1. The minimum atomic E-state index is 0.953. The molecule has 0 unspecified atom stereocenters. The van der Waals surface area contributed by atoms with Crippen LogP contribution in [-0.2, 0) is 0 Å². The Morgan fingerprint density at radius 3 is 2.93 bits per heavy atom. The summed E-state index contributed by atoms with van der Waals surface area (Å²) in [7, 11) is 1.71. The summed E-state index contributed by atoms with van der Waals surface area (Å²) in [6, 6.07) is 4.16. The van der Waals surface area contributed by atoms with Crippen LogP contribution in [0.5, 0.6) is 5.75 Å². The van der Waals surface area contributed by atoms with E-state index in [1.165, 1.54) is 19.5 Å². The third-order valence-corrected chi connectivity index (χ3v) is 5.09. The van der Waals surface area contributed by atoms with Crippen molar-refractivity contribution in [3.8, 4) is 5.75 Å². The standard InChI is InChI=1S/C10H9BrOS2/c1-12-7-5-8(13-2)9(11)10-6(7)3-4-14-10/h3-5H,1-2H3. The van der Waals surface area contributed by atoms with Gasteiger partial charge in [0.1, 0.15) is 5.75 Å². The molecule has 14 heavy (non-hydrogen) atoms. The molecule has 0 saturated heterocycles. The summed E-state index contributed by atoms with van der Waals surface area (Å²) < 4.78 is 7.79. The van der Waals surface area contributed by atoms with Crippen molar-refractivity contribution < 1.29 is 4.74 Å². The van der Waals surface area contributed by atoms with Gasteiger partial charge in [0.25, 0.3) is 0 Å². The first-order chi connectivity index (χ1) is 6.77. The molecule has 1 heterocycles. The normalized spacial score (nSPS) is 10.8. The Balaban J connectivity index is 2.80. The average molecular weight is 289 g/mol. The van der Waals surface area contributed by atoms with Gasteiger partial charge in [-0.05, 0) is 39.7 Å². The number of methoxy groups -OCH3 is 1. The van der Waals surface area contributed by atoms with Crippen LogP contribution in [0, 0.1) is 0 Å². The zero-order chi connectivity index (χ0) is 10.1. The number of halogens is 1. The van der Waals surface area contributed by atoms with Gasteiger partial charge in [-0.1, -0.05) is 0 Å². The third-order valence-electron chi connectivity index (χ3n) is 2.05. The number of hydrogen-bond acceptors (Lipinski definition) is 3. The monoisotopic (exact) mass is 288 g/mol. The van der Waals surface area contributed by atoms with Gasteiger partial charge in [-0.25, -0.2) is 0 Å². The first-order valence-corrected chi connectivity index (χ1v) is 6.95. The highest BCUT2D eigenvalue weighted by molar-refractivity contribution is 9.10. The quantitative estimate of drug-likeness (QED) is 0.758. The lowest BCUT2D eigenvalue weighted by Crippen LogP contribution is -1.85. The van der Waals surface area contributed by atoms with Crippen molar-refractivity contribution in [2.45, 2.75) is 4.90 Å². The molecule has 0 aliphatic heterocycles. The van der Waals surface area contributed by atoms with Crippen LogP contribution in [-0.4, -0.2) is 13.4 Å². The van der Waals surface area contributed by atoms with Crippen molar-refractivity contribution in [3.05, 3.63) is 22.0 Å². The molecule has 0 amide bonds. The number of thiophene rings is 1. The fraction of sp³-hybridized carbons (Fsp3) is 0.200. The van der Waals surface area contributed by atoms with Gasteiger partial charge in [0.15, 0.2) is 0 Å². The number of rotatable bonds is 2. The SMILES string of the molecule is COc1cc(SC)c(Br)c2sccc12. The van der Waals surface area contributed by atoms with Crippen molar-refractivity contribution in [3.63, 3.8) is 0 Å². The highest BCUT2D eigenvalue weighted by Crippen LogP contribution is 2.41. The highest BCUT2D eigenvalue weighted by atomic mass is 79.9. The van der Waals surface area contributed by atoms with Crippen LogP contribution in [0.4, 0.5) is 0 Å². The minimum absolute atomic E-state index is 0.953. The summed E-state index contributed by atoms with van der Waals surface area (Å²) in [5.41, 5.74) is 0. The van der Waals surface area contributed by atoms with Crippen LogP contribution in [0.15, 0.2) is 26.9 Å². The number of fused-ring (bicyclic) bond motifs is 1. The van der Waals surface area contributed by atoms with Gasteiger partial charge in [-0.2, -0.15) is 0 Å². The number of hydrogen-bond donors (Lipinski definition) is 0. The van der Waals surface area contributed by atoms with E-state index < -0.39 is 0 Å². The molecule has 0 atom stereocenters. The smallest absolute Gasteiger partial charge is 0.128 e. The molecule has 0 N–H and O–H groups in total. The lowest BCUT2D eigenvalue weighted by atomic mass is 10.2. The molecule has 2 rings (SSSR count). The average Bonchev–Trinajstić information content (AvgIpc) is 2.68. The molecule has 0 aliphatic carbocycles. The molecule has 0 bridgehead atoms. The van der Waals surface area contributed by atoms with Crippen molar-refractivity contribution in [1.29, 1.82) is 0 Å². The van der Waals surface area contributed by atoms with E-state index >= 15 is 0 Å². The molecular weight excluding hydrogens is 280 g/mol. The van der Waals surface area contributed by atoms with E-state index in [1.54, 1.807) is 30.2 Å². The fourth-order valence-corrected chi connectivity index (χ4v) is 3.88. The molecule has 1 aromatic heterocycles. The van der Waals surface area contributed by atoms with E-state index in [0.717, 1.165) is 5.75 Å². The van der Waals surface area contributed by atoms with Crippen LogP contribution < -0.4 is 4.74 Å². The third kappa shape index (κ3) is 1.55. The second-order valence-electron chi connectivity index (χ2n) is 2.76. The molecule has 1 aromatic carbocycles. The van der Waals surface area contributed by atoms with Crippen LogP contribution in [0.2, 0.25) is 0 Å². The van der Waals surface area contributed by atoms with Crippen molar-refractivity contribution in [2.24, 2.45) is 0 Å². The van der Waals surface area contributed by atoms with Crippen LogP contribution in [0.1, 0.15) is 0 Å². The highest BCUT2D eigenvalue weighted by Gasteiger charge is 2.10. The van der Waals surface area contributed by atoms with Gasteiger partial charge in [0.2, 0.25) is 0 Å². The zero-order valence-corrected chi connectivity index (χ0v) is 11.1. The maximum absolute atomic E-state index is 5.36. The van der Waals surface area contributed by atoms with Crippen LogP contribution in [0.25, 0.3) is 10.1 Å². The topological polar surface area (TPSA) is 9.23 Å². The van der Waals surface area contributed by atoms with Gasteiger partial charge in [-0.15, -0.1) is 23.1 Å². The number of thioether (sulfide) groups is 1. The molecule has 0 aliphatic rings.